The molecule has 110 valence electrons. The summed E-state index contributed by atoms with van der Waals surface area (Å²) in [6.07, 6.45) is 3.56. The van der Waals surface area contributed by atoms with Crippen molar-refractivity contribution in [3.05, 3.63) is 54.6 Å². The molecule has 1 N–H and O–H groups in total. The molecule has 0 heterocycles. The van der Waals surface area contributed by atoms with Crippen molar-refractivity contribution in [2.45, 2.75) is 37.9 Å². The van der Waals surface area contributed by atoms with Gasteiger partial charge < -0.3 is 14.6 Å². The van der Waals surface area contributed by atoms with E-state index in [9.17, 15) is 5.11 Å². The zero-order valence-corrected chi connectivity index (χ0v) is 11.9. The van der Waals surface area contributed by atoms with Crippen LogP contribution in [0.25, 0.3) is 0 Å². The minimum atomic E-state index is -0.218. The Morgan fingerprint density at radius 2 is 1.48 bits per heavy atom. The standard InChI is InChI=1S/C18H20O3/c19-14-5-4-8-18(13-14)21-17-11-9-16(10-12-17)20-15-6-2-1-3-7-15/h1-3,6-7,9-12,14,18-19H,4-5,8,13H2. The van der Waals surface area contributed by atoms with Crippen LogP contribution in [0.5, 0.6) is 17.2 Å². The van der Waals surface area contributed by atoms with Crippen molar-refractivity contribution in [3.8, 4) is 17.2 Å². The first-order valence-electron chi connectivity index (χ1n) is 7.47. The molecule has 0 aliphatic heterocycles. The molecule has 2 atom stereocenters. The molecule has 1 aliphatic rings. The van der Waals surface area contributed by atoms with Crippen LogP contribution in [0.2, 0.25) is 0 Å². The van der Waals surface area contributed by atoms with Crippen molar-refractivity contribution < 1.29 is 14.6 Å². The summed E-state index contributed by atoms with van der Waals surface area (Å²) in [5.74, 6) is 2.44. The number of ether oxygens (including phenoxy) is 2. The fourth-order valence-electron chi connectivity index (χ4n) is 2.63. The van der Waals surface area contributed by atoms with E-state index in [-0.39, 0.29) is 12.2 Å². The summed E-state index contributed by atoms with van der Waals surface area (Å²) in [5.41, 5.74) is 0. The van der Waals surface area contributed by atoms with E-state index in [1.54, 1.807) is 0 Å². The monoisotopic (exact) mass is 284 g/mol. The Bertz CT molecular complexity index is 550. The summed E-state index contributed by atoms with van der Waals surface area (Å²) in [6, 6.07) is 17.3. The molecule has 21 heavy (non-hydrogen) atoms. The van der Waals surface area contributed by atoms with Gasteiger partial charge in [-0.25, -0.2) is 0 Å². The van der Waals surface area contributed by atoms with Crippen LogP contribution in [0.1, 0.15) is 25.7 Å². The fraction of sp³-hybridized carbons (Fsp3) is 0.333. The average molecular weight is 284 g/mol. The lowest BCUT2D eigenvalue weighted by molar-refractivity contribution is 0.0536. The van der Waals surface area contributed by atoms with E-state index < -0.39 is 0 Å². The molecule has 2 aromatic carbocycles. The van der Waals surface area contributed by atoms with Gasteiger partial charge in [-0.05, 0) is 55.7 Å². The normalized spacial score (nSPS) is 21.8. The van der Waals surface area contributed by atoms with E-state index in [0.29, 0.717) is 0 Å². The van der Waals surface area contributed by atoms with Gasteiger partial charge in [-0.3, -0.25) is 0 Å². The second-order valence-corrected chi connectivity index (χ2v) is 5.45. The van der Waals surface area contributed by atoms with Gasteiger partial charge in [-0.1, -0.05) is 18.2 Å². The smallest absolute Gasteiger partial charge is 0.127 e. The Morgan fingerprint density at radius 1 is 0.810 bits per heavy atom. The number of aliphatic hydroxyl groups excluding tert-OH is 1. The largest absolute Gasteiger partial charge is 0.490 e. The Kier molecular flexibility index (Phi) is 4.41. The van der Waals surface area contributed by atoms with Gasteiger partial charge >= 0.3 is 0 Å². The second kappa shape index (κ2) is 6.64. The second-order valence-electron chi connectivity index (χ2n) is 5.45. The van der Waals surface area contributed by atoms with Gasteiger partial charge in [0.1, 0.15) is 23.4 Å². The van der Waals surface area contributed by atoms with Crippen molar-refractivity contribution in [3.63, 3.8) is 0 Å². The van der Waals surface area contributed by atoms with Gasteiger partial charge in [0, 0.05) is 6.42 Å². The molecular formula is C18H20O3. The van der Waals surface area contributed by atoms with Crippen LogP contribution in [0.3, 0.4) is 0 Å². The van der Waals surface area contributed by atoms with Gasteiger partial charge in [0.15, 0.2) is 0 Å². The predicted octanol–water partition coefficient (Wildman–Crippen LogP) is 4.16. The molecule has 0 aromatic heterocycles. The lowest BCUT2D eigenvalue weighted by Crippen LogP contribution is -2.28. The summed E-state index contributed by atoms with van der Waals surface area (Å²) < 4.78 is 11.7. The van der Waals surface area contributed by atoms with Crippen LogP contribution in [0.4, 0.5) is 0 Å². The van der Waals surface area contributed by atoms with Gasteiger partial charge in [-0.2, -0.15) is 0 Å². The third-order valence-corrected chi connectivity index (χ3v) is 3.70. The molecule has 0 bridgehead atoms. The minimum Gasteiger partial charge on any atom is -0.490 e. The van der Waals surface area contributed by atoms with Crippen molar-refractivity contribution >= 4 is 0 Å². The highest BCUT2D eigenvalue weighted by Crippen LogP contribution is 2.27. The number of rotatable bonds is 4. The van der Waals surface area contributed by atoms with Crippen molar-refractivity contribution in [2.24, 2.45) is 0 Å². The molecule has 3 nitrogen and oxygen atoms in total. The highest BCUT2D eigenvalue weighted by atomic mass is 16.5. The zero-order chi connectivity index (χ0) is 14.5. The maximum atomic E-state index is 9.67. The third kappa shape index (κ3) is 3.99. The van der Waals surface area contributed by atoms with E-state index >= 15 is 0 Å². The molecule has 1 fully saturated rings. The molecule has 2 aromatic rings. The summed E-state index contributed by atoms with van der Waals surface area (Å²) in [5, 5.41) is 9.67. The van der Waals surface area contributed by atoms with Gasteiger partial charge in [0.2, 0.25) is 0 Å². The first kappa shape index (κ1) is 14.0. The topological polar surface area (TPSA) is 38.7 Å². The van der Waals surface area contributed by atoms with Gasteiger partial charge in [0.25, 0.3) is 0 Å². The molecular weight excluding hydrogens is 264 g/mol. The van der Waals surface area contributed by atoms with Crippen molar-refractivity contribution in [1.82, 2.24) is 0 Å². The molecule has 1 saturated carbocycles. The average Bonchev–Trinajstić information content (AvgIpc) is 2.50. The Labute approximate surface area is 125 Å². The molecule has 0 saturated heterocycles. The molecule has 3 rings (SSSR count). The Morgan fingerprint density at radius 3 is 2.19 bits per heavy atom. The van der Waals surface area contributed by atoms with E-state index in [1.165, 1.54) is 0 Å². The number of hydrogen-bond donors (Lipinski definition) is 1. The van der Waals surface area contributed by atoms with Crippen LogP contribution in [0, 0.1) is 0 Å². The SMILES string of the molecule is OC1CCCC(Oc2ccc(Oc3ccccc3)cc2)C1. The first-order chi connectivity index (χ1) is 10.3. The first-order valence-corrected chi connectivity index (χ1v) is 7.47. The van der Waals surface area contributed by atoms with Crippen LogP contribution in [-0.2, 0) is 0 Å². The Balaban J connectivity index is 1.59. The van der Waals surface area contributed by atoms with Crippen LogP contribution in [-0.4, -0.2) is 17.3 Å². The minimum absolute atomic E-state index is 0.120. The molecule has 0 spiro atoms. The zero-order valence-electron chi connectivity index (χ0n) is 11.9. The van der Waals surface area contributed by atoms with Gasteiger partial charge in [0.05, 0.1) is 6.10 Å². The molecule has 0 amide bonds. The molecule has 0 radical (unpaired) electrons. The van der Waals surface area contributed by atoms with E-state index in [0.717, 1.165) is 42.9 Å². The number of hydrogen-bond acceptors (Lipinski definition) is 3. The van der Waals surface area contributed by atoms with Crippen molar-refractivity contribution in [1.29, 1.82) is 0 Å². The van der Waals surface area contributed by atoms with E-state index in [4.69, 9.17) is 9.47 Å². The van der Waals surface area contributed by atoms with Crippen LogP contribution in [0.15, 0.2) is 54.6 Å². The van der Waals surface area contributed by atoms with Gasteiger partial charge in [-0.15, -0.1) is 0 Å². The van der Waals surface area contributed by atoms with Crippen LogP contribution >= 0.6 is 0 Å². The highest BCUT2D eigenvalue weighted by Gasteiger charge is 2.21. The quantitative estimate of drug-likeness (QED) is 0.916. The van der Waals surface area contributed by atoms with E-state index in [2.05, 4.69) is 0 Å². The van der Waals surface area contributed by atoms with Crippen LogP contribution < -0.4 is 9.47 Å². The molecule has 2 unspecified atom stereocenters. The predicted molar refractivity (Wildman–Crippen MR) is 81.8 cm³/mol. The molecule has 3 heteroatoms. The fourth-order valence-corrected chi connectivity index (χ4v) is 2.63. The number of para-hydroxylation sites is 1. The van der Waals surface area contributed by atoms with Crippen molar-refractivity contribution in [2.75, 3.05) is 0 Å². The number of benzene rings is 2. The summed E-state index contributed by atoms with van der Waals surface area (Å²) in [6.45, 7) is 0. The lowest BCUT2D eigenvalue weighted by Gasteiger charge is -2.26. The maximum Gasteiger partial charge on any atom is 0.127 e. The lowest BCUT2D eigenvalue weighted by atomic mass is 9.95. The summed E-state index contributed by atoms with van der Waals surface area (Å²) in [7, 11) is 0. The van der Waals surface area contributed by atoms with E-state index in [1.807, 2.05) is 54.6 Å². The Hall–Kier alpha value is -2.00. The third-order valence-electron chi connectivity index (χ3n) is 3.70. The highest BCUT2D eigenvalue weighted by molar-refractivity contribution is 5.35. The number of aliphatic hydroxyl groups is 1. The maximum absolute atomic E-state index is 9.67. The summed E-state index contributed by atoms with van der Waals surface area (Å²) >= 11 is 0. The molecule has 1 aliphatic carbocycles. The summed E-state index contributed by atoms with van der Waals surface area (Å²) in [4.78, 5) is 0.